The lowest BCUT2D eigenvalue weighted by molar-refractivity contribution is 0.0951. The van der Waals surface area contributed by atoms with Gasteiger partial charge in [0.1, 0.15) is 12.4 Å². The molecule has 118 valence electrons. The van der Waals surface area contributed by atoms with Crippen LogP contribution in [0.5, 0.6) is 5.75 Å². The first-order valence-electron chi connectivity index (χ1n) is 6.73. The topological polar surface area (TPSA) is 50.7 Å². The van der Waals surface area contributed by atoms with Gasteiger partial charge < -0.3 is 4.74 Å². The van der Waals surface area contributed by atoms with E-state index in [2.05, 4.69) is 17.1 Å². The van der Waals surface area contributed by atoms with Crippen molar-refractivity contribution in [2.24, 2.45) is 5.10 Å². The first-order valence-corrected chi connectivity index (χ1v) is 7.49. The highest BCUT2D eigenvalue weighted by molar-refractivity contribution is 6.38. The largest absolute Gasteiger partial charge is 0.489 e. The molecule has 0 fully saturated rings. The van der Waals surface area contributed by atoms with Crippen LogP contribution in [0.3, 0.4) is 0 Å². The van der Waals surface area contributed by atoms with Gasteiger partial charge >= 0.3 is 0 Å². The molecule has 6 heteroatoms. The van der Waals surface area contributed by atoms with E-state index in [1.165, 1.54) is 6.21 Å². The summed E-state index contributed by atoms with van der Waals surface area (Å²) in [6.45, 7) is 3.88. The molecule has 1 amide bonds. The Kier molecular flexibility index (Phi) is 6.20. The maximum Gasteiger partial charge on any atom is 0.275 e. The minimum Gasteiger partial charge on any atom is -0.489 e. The standard InChI is InChI=1S/C17H14Cl2N2O2/c1-2-10-23-16-9-4-3-6-12(16)17(22)21-20-11-13-14(18)7-5-8-15(13)19/h2-9,11H,1,10H2,(H,21,22)/b20-11+. The van der Waals surface area contributed by atoms with Gasteiger partial charge in [-0.15, -0.1) is 0 Å². The van der Waals surface area contributed by atoms with Crippen LogP contribution in [-0.4, -0.2) is 18.7 Å². The molecule has 0 heterocycles. The maximum absolute atomic E-state index is 12.2. The molecule has 2 rings (SSSR count). The smallest absolute Gasteiger partial charge is 0.275 e. The fourth-order valence-corrected chi connectivity index (χ4v) is 2.27. The van der Waals surface area contributed by atoms with Crippen LogP contribution in [0.2, 0.25) is 10.0 Å². The van der Waals surface area contributed by atoms with Crippen LogP contribution in [0.25, 0.3) is 0 Å². The summed E-state index contributed by atoms with van der Waals surface area (Å²) in [6, 6.07) is 12.0. The number of benzene rings is 2. The number of rotatable bonds is 6. The highest BCUT2D eigenvalue weighted by Gasteiger charge is 2.11. The summed E-state index contributed by atoms with van der Waals surface area (Å²) in [5.74, 6) is 0.0555. The van der Waals surface area contributed by atoms with Gasteiger partial charge in [-0.05, 0) is 24.3 Å². The normalized spacial score (nSPS) is 10.5. The van der Waals surface area contributed by atoms with Gasteiger partial charge in [0.05, 0.1) is 21.8 Å². The SMILES string of the molecule is C=CCOc1ccccc1C(=O)N/N=C/c1c(Cl)cccc1Cl. The first kappa shape index (κ1) is 17.1. The molecule has 23 heavy (non-hydrogen) atoms. The van der Waals surface area contributed by atoms with E-state index in [1.54, 1.807) is 48.5 Å². The average Bonchev–Trinajstić information content (AvgIpc) is 2.55. The number of halogens is 2. The zero-order valence-electron chi connectivity index (χ0n) is 12.1. The Bertz CT molecular complexity index is 725. The summed E-state index contributed by atoms with van der Waals surface area (Å²) < 4.78 is 5.44. The lowest BCUT2D eigenvalue weighted by atomic mass is 10.2. The van der Waals surface area contributed by atoms with Crippen molar-refractivity contribution in [3.05, 3.63) is 76.3 Å². The minimum atomic E-state index is -0.399. The molecule has 0 aliphatic carbocycles. The molecule has 0 bridgehead atoms. The third-order valence-electron chi connectivity index (χ3n) is 2.85. The molecule has 0 atom stereocenters. The van der Waals surface area contributed by atoms with Gasteiger partial charge in [0.25, 0.3) is 5.91 Å². The molecule has 2 aromatic rings. The molecule has 0 aromatic heterocycles. The number of hydrazone groups is 1. The van der Waals surface area contributed by atoms with Crippen molar-refractivity contribution in [1.82, 2.24) is 5.43 Å². The zero-order valence-corrected chi connectivity index (χ0v) is 13.6. The van der Waals surface area contributed by atoms with Gasteiger partial charge in [-0.25, -0.2) is 5.43 Å². The zero-order chi connectivity index (χ0) is 16.7. The Morgan fingerprint density at radius 3 is 2.57 bits per heavy atom. The van der Waals surface area contributed by atoms with Crippen LogP contribution < -0.4 is 10.2 Å². The third-order valence-corrected chi connectivity index (χ3v) is 3.51. The molecule has 0 saturated carbocycles. The van der Waals surface area contributed by atoms with E-state index in [9.17, 15) is 4.79 Å². The summed E-state index contributed by atoms with van der Waals surface area (Å²) in [5.41, 5.74) is 3.33. The number of nitrogens with zero attached hydrogens (tertiary/aromatic N) is 1. The van der Waals surface area contributed by atoms with Crippen LogP contribution >= 0.6 is 23.2 Å². The van der Waals surface area contributed by atoms with Gasteiger partial charge in [0, 0.05) is 5.56 Å². The second-order valence-corrected chi connectivity index (χ2v) is 5.24. The number of hydrogen-bond donors (Lipinski definition) is 1. The van der Waals surface area contributed by atoms with Crippen LogP contribution in [0.1, 0.15) is 15.9 Å². The Hall–Kier alpha value is -2.30. The van der Waals surface area contributed by atoms with Crippen molar-refractivity contribution in [2.75, 3.05) is 6.61 Å². The summed E-state index contributed by atoms with van der Waals surface area (Å²) in [7, 11) is 0. The number of carbonyl (C=O) groups excluding carboxylic acids is 1. The quantitative estimate of drug-likeness (QED) is 0.480. The monoisotopic (exact) mass is 348 g/mol. The molecular weight excluding hydrogens is 335 g/mol. The highest BCUT2D eigenvalue weighted by Crippen LogP contribution is 2.22. The molecule has 0 saturated heterocycles. The van der Waals surface area contributed by atoms with E-state index in [4.69, 9.17) is 27.9 Å². The minimum absolute atomic E-state index is 0.308. The van der Waals surface area contributed by atoms with Crippen molar-refractivity contribution in [3.63, 3.8) is 0 Å². The predicted molar refractivity (Wildman–Crippen MR) is 93.7 cm³/mol. The summed E-state index contributed by atoms with van der Waals surface area (Å²) in [6.07, 6.45) is 3.00. The number of carbonyl (C=O) groups is 1. The molecule has 0 aliphatic heterocycles. The first-order chi connectivity index (χ1) is 11.1. The van der Waals surface area contributed by atoms with E-state index in [-0.39, 0.29) is 0 Å². The molecule has 0 radical (unpaired) electrons. The number of amides is 1. The van der Waals surface area contributed by atoms with Crippen LogP contribution in [-0.2, 0) is 0 Å². The van der Waals surface area contributed by atoms with Crippen LogP contribution in [0.15, 0.2) is 60.2 Å². The molecule has 4 nitrogen and oxygen atoms in total. The third kappa shape index (κ3) is 4.58. The van der Waals surface area contributed by atoms with Crippen molar-refractivity contribution in [2.45, 2.75) is 0 Å². The lowest BCUT2D eigenvalue weighted by Crippen LogP contribution is -2.18. The Morgan fingerprint density at radius 1 is 1.17 bits per heavy atom. The summed E-state index contributed by atoms with van der Waals surface area (Å²) in [4.78, 5) is 12.2. The molecule has 0 aliphatic rings. The molecular formula is C17H14Cl2N2O2. The fraction of sp³-hybridized carbons (Fsp3) is 0.0588. The number of ether oxygens (including phenoxy) is 1. The molecule has 0 unspecified atom stereocenters. The van der Waals surface area contributed by atoms with Gasteiger partial charge in [-0.1, -0.05) is 54.1 Å². The van der Waals surface area contributed by atoms with Crippen molar-refractivity contribution in [3.8, 4) is 5.75 Å². The van der Waals surface area contributed by atoms with Gasteiger partial charge in [-0.2, -0.15) is 5.10 Å². The summed E-state index contributed by atoms with van der Waals surface area (Å²) >= 11 is 12.1. The fourth-order valence-electron chi connectivity index (χ4n) is 1.78. The van der Waals surface area contributed by atoms with Crippen LogP contribution in [0.4, 0.5) is 0 Å². The second kappa shape index (κ2) is 8.36. The number of nitrogens with one attached hydrogen (secondary N) is 1. The summed E-state index contributed by atoms with van der Waals surface area (Å²) in [5, 5.41) is 4.79. The van der Waals surface area contributed by atoms with Gasteiger partial charge in [-0.3, -0.25) is 4.79 Å². The molecule has 0 spiro atoms. The lowest BCUT2D eigenvalue weighted by Gasteiger charge is -2.08. The van der Waals surface area contributed by atoms with E-state index in [0.29, 0.717) is 33.5 Å². The Labute approximate surface area is 144 Å². The van der Waals surface area contributed by atoms with Crippen molar-refractivity contribution in [1.29, 1.82) is 0 Å². The van der Waals surface area contributed by atoms with E-state index >= 15 is 0 Å². The number of para-hydroxylation sites is 1. The Balaban J connectivity index is 2.11. The van der Waals surface area contributed by atoms with Crippen molar-refractivity contribution >= 4 is 35.3 Å². The van der Waals surface area contributed by atoms with Crippen molar-refractivity contribution < 1.29 is 9.53 Å². The number of hydrogen-bond acceptors (Lipinski definition) is 3. The Morgan fingerprint density at radius 2 is 1.87 bits per heavy atom. The van der Waals surface area contributed by atoms with Gasteiger partial charge in [0.15, 0.2) is 0 Å². The van der Waals surface area contributed by atoms with Crippen LogP contribution in [0, 0.1) is 0 Å². The maximum atomic E-state index is 12.2. The predicted octanol–water partition coefficient (Wildman–Crippen LogP) is 4.32. The second-order valence-electron chi connectivity index (χ2n) is 4.43. The molecule has 2 aromatic carbocycles. The molecule has 1 N–H and O–H groups in total. The highest BCUT2D eigenvalue weighted by atomic mass is 35.5. The van der Waals surface area contributed by atoms with E-state index < -0.39 is 5.91 Å². The van der Waals surface area contributed by atoms with Gasteiger partial charge in [0.2, 0.25) is 0 Å². The average molecular weight is 349 g/mol. The van der Waals surface area contributed by atoms with E-state index in [1.807, 2.05) is 0 Å². The van der Waals surface area contributed by atoms with E-state index in [0.717, 1.165) is 0 Å².